The Morgan fingerprint density at radius 1 is 1.08 bits per heavy atom. The molecule has 0 N–H and O–H groups in total. The number of rotatable bonds is 3. The van der Waals surface area contributed by atoms with Crippen molar-refractivity contribution >= 4 is 28.9 Å². The monoisotopic (exact) mass is 349 g/mol. The van der Waals surface area contributed by atoms with Gasteiger partial charge in [0, 0.05) is 56.6 Å². The molecule has 134 valence electrons. The van der Waals surface area contributed by atoms with Gasteiger partial charge < -0.3 is 14.4 Å². The highest BCUT2D eigenvalue weighted by Gasteiger charge is 2.21. The average Bonchev–Trinajstić information content (AvgIpc) is 2.92. The molecule has 3 aromatic rings. The lowest BCUT2D eigenvalue weighted by molar-refractivity contribution is 0.312. The molecule has 3 nitrogen and oxygen atoms in total. The summed E-state index contributed by atoms with van der Waals surface area (Å²) in [5.41, 5.74) is 5.96. The minimum Gasteiger partial charge on any atom is -0.378 e. The maximum absolute atomic E-state index is 13.8. The number of nitrogens with zero attached hydrogens (tertiary/aromatic N) is 3. The van der Waals surface area contributed by atoms with Gasteiger partial charge in [-0.1, -0.05) is 12.1 Å². The molecule has 0 unspecified atom stereocenters. The lowest BCUT2D eigenvalue weighted by Crippen LogP contribution is -2.26. The van der Waals surface area contributed by atoms with Crippen molar-refractivity contribution in [3.63, 3.8) is 0 Å². The fraction of sp³-hybridized carbons (Fsp3) is 0.273. The second kappa shape index (κ2) is 6.61. The topological polar surface area (TPSA) is 11.4 Å². The van der Waals surface area contributed by atoms with Crippen LogP contribution in [0.25, 0.3) is 23.2 Å². The van der Waals surface area contributed by atoms with Crippen LogP contribution in [0, 0.1) is 5.82 Å². The van der Waals surface area contributed by atoms with Crippen LogP contribution in [0.3, 0.4) is 0 Å². The van der Waals surface area contributed by atoms with Crippen molar-refractivity contribution < 1.29 is 4.39 Å². The molecule has 2 aromatic carbocycles. The summed E-state index contributed by atoms with van der Waals surface area (Å²) in [7, 11) is 6.20. The Hall–Kier alpha value is -2.59. The lowest BCUT2D eigenvalue weighted by atomic mass is 10.1. The molecule has 1 aliphatic heterocycles. The third-order valence-electron chi connectivity index (χ3n) is 5.17. The molecule has 0 aliphatic carbocycles. The van der Waals surface area contributed by atoms with Gasteiger partial charge in [0.05, 0.1) is 5.52 Å². The van der Waals surface area contributed by atoms with Crippen molar-refractivity contribution in [2.24, 2.45) is 0 Å². The van der Waals surface area contributed by atoms with E-state index >= 15 is 0 Å². The van der Waals surface area contributed by atoms with E-state index in [1.807, 2.05) is 20.2 Å². The van der Waals surface area contributed by atoms with Gasteiger partial charge in [-0.25, -0.2) is 4.39 Å². The molecule has 0 fully saturated rings. The predicted molar refractivity (Wildman–Crippen MR) is 108 cm³/mol. The Bertz CT molecular complexity index is 967. The molecule has 0 amide bonds. The van der Waals surface area contributed by atoms with Crippen molar-refractivity contribution in [3.05, 3.63) is 65.1 Å². The zero-order valence-electron chi connectivity index (χ0n) is 15.5. The van der Waals surface area contributed by atoms with Crippen LogP contribution < -0.4 is 4.90 Å². The zero-order valence-corrected chi connectivity index (χ0v) is 15.5. The fourth-order valence-electron chi connectivity index (χ4n) is 3.71. The number of benzene rings is 2. The number of anilines is 1. The molecule has 26 heavy (non-hydrogen) atoms. The third-order valence-corrected chi connectivity index (χ3v) is 5.17. The van der Waals surface area contributed by atoms with Crippen molar-refractivity contribution in [1.82, 2.24) is 9.47 Å². The summed E-state index contributed by atoms with van der Waals surface area (Å²) in [6.45, 7) is 1.89. The normalized spacial score (nSPS) is 14.9. The highest BCUT2D eigenvalue weighted by Crippen LogP contribution is 2.31. The number of aromatic nitrogens is 1. The number of halogens is 1. The van der Waals surface area contributed by atoms with Gasteiger partial charge in [-0.2, -0.15) is 0 Å². The van der Waals surface area contributed by atoms with Crippen molar-refractivity contribution in [3.8, 4) is 0 Å². The first-order chi connectivity index (χ1) is 12.5. The number of hydrogen-bond acceptors (Lipinski definition) is 2. The molecular formula is C22H24FN3. The molecule has 0 atom stereocenters. The van der Waals surface area contributed by atoms with Crippen LogP contribution in [0.5, 0.6) is 0 Å². The molecule has 0 saturated carbocycles. The summed E-state index contributed by atoms with van der Waals surface area (Å²) in [6, 6.07) is 13.6. The van der Waals surface area contributed by atoms with Gasteiger partial charge in [-0.05, 0) is 54.6 Å². The average molecular weight is 349 g/mol. The molecule has 2 heterocycles. The molecule has 0 spiro atoms. The Kier molecular flexibility index (Phi) is 4.29. The van der Waals surface area contributed by atoms with E-state index in [0.29, 0.717) is 0 Å². The molecule has 0 saturated heterocycles. The zero-order chi connectivity index (χ0) is 18.3. The van der Waals surface area contributed by atoms with Crippen molar-refractivity contribution in [2.45, 2.75) is 13.0 Å². The maximum atomic E-state index is 13.8. The minimum absolute atomic E-state index is 0.172. The van der Waals surface area contributed by atoms with Gasteiger partial charge in [0.1, 0.15) is 5.82 Å². The molecule has 4 rings (SSSR count). The number of likely N-dealkylation sites (N-methyl/N-ethyl adjacent to an activating group) is 1. The highest BCUT2D eigenvalue weighted by molar-refractivity contribution is 5.88. The first-order valence-electron chi connectivity index (χ1n) is 8.98. The molecule has 0 bridgehead atoms. The standard InChI is InChI=1S/C22H24FN3/c1-24(2)18-7-4-16(5-8-18)10-13-26-21-9-6-17(23)14-19(21)20-15-25(3)12-11-22(20)26/h4-10,13-14H,11-12,15H2,1-3H3/b13-10-. The Morgan fingerprint density at radius 2 is 1.85 bits per heavy atom. The Balaban J connectivity index is 1.76. The molecule has 1 aromatic heterocycles. The summed E-state index contributed by atoms with van der Waals surface area (Å²) in [4.78, 5) is 4.38. The van der Waals surface area contributed by atoms with Crippen molar-refractivity contribution in [2.75, 3.05) is 32.6 Å². The van der Waals surface area contributed by atoms with Gasteiger partial charge in [0.25, 0.3) is 0 Å². The van der Waals surface area contributed by atoms with Gasteiger partial charge in [0.2, 0.25) is 0 Å². The summed E-state index contributed by atoms with van der Waals surface area (Å²) in [5, 5.41) is 1.03. The summed E-state index contributed by atoms with van der Waals surface area (Å²) in [5.74, 6) is -0.172. The summed E-state index contributed by atoms with van der Waals surface area (Å²) < 4.78 is 16.1. The van der Waals surface area contributed by atoms with Gasteiger partial charge >= 0.3 is 0 Å². The van der Waals surface area contributed by atoms with Crippen LogP contribution in [0.1, 0.15) is 16.8 Å². The first-order valence-corrected chi connectivity index (χ1v) is 8.98. The van der Waals surface area contributed by atoms with Crippen LogP contribution in [0.15, 0.2) is 42.5 Å². The Labute approximate surface area is 153 Å². The van der Waals surface area contributed by atoms with Crippen LogP contribution in [0.4, 0.5) is 10.1 Å². The van der Waals surface area contributed by atoms with E-state index in [1.165, 1.54) is 16.9 Å². The third kappa shape index (κ3) is 3.01. The molecular weight excluding hydrogens is 325 g/mol. The first kappa shape index (κ1) is 16.9. The van der Waals surface area contributed by atoms with Crippen LogP contribution >= 0.6 is 0 Å². The van der Waals surface area contributed by atoms with Gasteiger partial charge in [-0.15, -0.1) is 0 Å². The maximum Gasteiger partial charge on any atom is 0.123 e. The van der Waals surface area contributed by atoms with E-state index in [-0.39, 0.29) is 5.82 Å². The molecule has 0 radical (unpaired) electrons. The lowest BCUT2D eigenvalue weighted by Gasteiger charge is -2.23. The van der Waals surface area contributed by atoms with Gasteiger partial charge in [-0.3, -0.25) is 0 Å². The largest absolute Gasteiger partial charge is 0.378 e. The van der Waals surface area contributed by atoms with E-state index < -0.39 is 0 Å². The second-order valence-corrected chi connectivity index (χ2v) is 7.25. The number of fused-ring (bicyclic) bond motifs is 3. The molecule has 1 aliphatic rings. The summed E-state index contributed by atoms with van der Waals surface area (Å²) >= 11 is 0. The van der Waals surface area contributed by atoms with Crippen LogP contribution in [-0.4, -0.2) is 37.2 Å². The van der Waals surface area contributed by atoms with E-state index in [9.17, 15) is 4.39 Å². The van der Waals surface area contributed by atoms with E-state index in [4.69, 9.17) is 0 Å². The van der Waals surface area contributed by atoms with E-state index in [0.717, 1.165) is 36.0 Å². The number of hydrogen-bond donors (Lipinski definition) is 0. The van der Waals surface area contributed by atoms with Gasteiger partial charge in [0.15, 0.2) is 0 Å². The summed E-state index contributed by atoms with van der Waals surface area (Å²) in [6.07, 6.45) is 5.22. The van der Waals surface area contributed by atoms with E-state index in [2.05, 4.69) is 58.0 Å². The van der Waals surface area contributed by atoms with Crippen LogP contribution in [0.2, 0.25) is 0 Å². The highest BCUT2D eigenvalue weighted by atomic mass is 19.1. The second-order valence-electron chi connectivity index (χ2n) is 7.25. The molecule has 4 heteroatoms. The SMILES string of the molecule is CN1CCc2c(c3cc(F)ccc3n2/C=C\c2ccc(N(C)C)cc2)C1. The van der Waals surface area contributed by atoms with E-state index in [1.54, 1.807) is 12.1 Å². The Morgan fingerprint density at radius 3 is 2.58 bits per heavy atom. The smallest absolute Gasteiger partial charge is 0.123 e. The quantitative estimate of drug-likeness (QED) is 0.691. The predicted octanol–water partition coefficient (Wildman–Crippen LogP) is 4.46. The van der Waals surface area contributed by atoms with Crippen molar-refractivity contribution in [1.29, 1.82) is 0 Å². The van der Waals surface area contributed by atoms with Crippen LogP contribution in [-0.2, 0) is 13.0 Å². The fourth-order valence-corrected chi connectivity index (χ4v) is 3.71. The minimum atomic E-state index is -0.172.